The third kappa shape index (κ3) is 3.67. The average Bonchev–Trinajstić information content (AvgIpc) is 2.37. The van der Waals surface area contributed by atoms with E-state index in [1.165, 1.54) is 12.8 Å². The summed E-state index contributed by atoms with van der Waals surface area (Å²) < 4.78 is 5.67. The molecule has 0 aromatic heterocycles. The molecule has 3 nitrogen and oxygen atoms in total. The predicted octanol–water partition coefficient (Wildman–Crippen LogP) is 3.95. The quantitative estimate of drug-likeness (QED) is 0.825. The van der Waals surface area contributed by atoms with Gasteiger partial charge in [-0.05, 0) is 37.8 Å². The highest BCUT2D eigenvalue weighted by Crippen LogP contribution is 2.30. The summed E-state index contributed by atoms with van der Waals surface area (Å²) in [5.41, 5.74) is 7.33. The van der Waals surface area contributed by atoms with E-state index in [1.807, 2.05) is 0 Å². The van der Waals surface area contributed by atoms with E-state index in [1.54, 1.807) is 12.1 Å². The molecule has 1 unspecified atom stereocenters. The maximum absolute atomic E-state index is 5.96. The van der Waals surface area contributed by atoms with Crippen molar-refractivity contribution in [3.05, 3.63) is 22.2 Å². The van der Waals surface area contributed by atoms with Gasteiger partial charge < -0.3 is 15.8 Å². The lowest BCUT2D eigenvalue weighted by Crippen LogP contribution is -2.22. The first-order valence-corrected chi connectivity index (χ1v) is 7.02. The molecule has 0 spiro atoms. The Morgan fingerprint density at radius 1 is 1.28 bits per heavy atom. The zero-order chi connectivity index (χ0) is 13.0. The van der Waals surface area contributed by atoms with Crippen LogP contribution in [0.1, 0.15) is 25.7 Å². The summed E-state index contributed by atoms with van der Waals surface area (Å²) in [7, 11) is 0. The number of nitrogens with one attached hydrogen (secondary N) is 1. The normalized spacial score (nSPS) is 19.8. The lowest BCUT2D eigenvalue weighted by molar-refractivity contribution is 0.0134. The Bertz CT molecular complexity index is 406. The Labute approximate surface area is 118 Å². The van der Waals surface area contributed by atoms with Crippen molar-refractivity contribution in [2.24, 2.45) is 0 Å². The van der Waals surface area contributed by atoms with E-state index in [2.05, 4.69) is 5.32 Å². The molecule has 18 heavy (non-hydrogen) atoms. The van der Waals surface area contributed by atoms with E-state index in [-0.39, 0.29) is 0 Å². The maximum Gasteiger partial charge on any atom is 0.0614 e. The van der Waals surface area contributed by atoms with Gasteiger partial charge in [0.25, 0.3) is 0 Å². The third-order valence-electron chi connectivity index (χ3n) is 3.15. The molecule has 0 bridgehead atoms. The fraction of sp³-hybridized carbons (Fsp3) is 0.538. The molecule has 1 fully saturated rings. The van der Waals surface area contributed by atoms with Crippen molar-refractivity contribution in [2.75, 3.05) is 24.2 Å². The second-order valence-corrected chi connectivity index (χ2v) is 5.37. The van der Waals surface area contributed by atoms with Crippen molar-refractivity contribution in [1.82, 2.24) is 0 Å². The molecule has 100 valence electrons. The molecule has 0 aliphatic carbocycles. The van der Waals surface area contributed by atoms with Crippen LogP contribution in [0.3, 0.4) is 0 Å². The summed E-state index contributed by atoms with van der Waals surface area (Å²) in [6.07, 6.45) is 4.96. The smallest absolute Gasteiger partial charge is 0.0614 e. The van der Waals surface area contributed by atoms with E-state index in [4.69, 9.17) is 33.7 Å². The third-order valence-corrected chi connectivity index (χ3v) is 3.87. The van der Waals surface area contributed by atoms with Crippen LogP contribution >= 0.6 is 23.2 Å². The molecule has 1 aromatic rings. The predicted molar refractivity (Wildman–Crippen MR) is 77.6 cm³/mol. The van der Waals surface area contributed by atoms with Crippen molar-refractivity contribution in [1.29, 1.82) is 0 Å². The van der Waals surface area contributed by atoms with Crippen LogP contribution in [-0.4, -0.2) is 19.3 Å². The van der Waals surface area contributed by atoms with Crippen LogP contribution in [0.5, 0.6) is 0 Å². The minimum atomic E-state index is 0.371. The fourth-order valence-electron chi connectivity index (χ4n) is 2.12. The zero-order valence-corrected chi connectivity index (χ0v) is 11.7. The molecular weight excluding hydrogens is 271 g/mol. The van der Waals surface area contributed by atoms with Crippen LogP contribution in [0, 0.1) is 0 Å². The highest BCUT2D eigenvalue weighted by Gasteiger charge is 2.13. The van der Waals surface area contributed by atoms with Crippen LogP contribution in [0.2, 0.25) is 10.0 Å². The number of halogens is 2. The van der Waals surface area contributed by atoms with Gasteiger partial charge in [-0.1, -0.05) is 23.2 Å². The number of nitrogen functional groups attached to an aromatic ring is 1. The van der Waals surface area contributed by atoms with Gasteiger partial charge in [-0.3, -0.25) is 0 Å². The first kappa shape index (κ1) is 13.8. The second-order valence-electron chi connectivity index (χ2n) is 4.56. The molecule has 0 amide bonds. The van der Waals surface area contributed by atoms with Crippen LogP contribution in [-0.2, 0) is 4.74 Å². The second kappa shape index (κ2) is 6.50. The highest BCUT2D eigenvalue weighted by molar-refractivity contribution is 6.42. The van der Waals surface area contributed by atoms with Crippen LogP contribution < -0.4 is 11.1 Å². The molecule has 1 atom stereocenters. The fourth-order valence-corrected chi connectivity index (χ4v) is 2.45. The van der Waals surface area contributed by atoms with Crippen LogP contribution in [0.25, 0.3) is 0 Å². The Balaban J connectivity index is 1.84. The first-order chi connectivity index (χ1) is 8.66. The molecule has 1 heterocycles. The number of hydrogen-bond donors (Lipinski definition) is 2. The molecule has 2 rings (SSSR count). The van der Waals surface area contributed by atoms with Crippen molar-refractivity contribution >= 4 is 34.6 Å². The number of ether oxygens (including phenoxy) is 1. The standard InChI is InChI=1S/C13H18Cl2N2O/c14-10-7-12(16)13(8-11(10)15)17-5-4-9-3-1-2-6-18-9/h7-9,17H,1-6,16H2. The summed E-state index contributed by atoms with van der Waals surface area (Å²) >= 11 is 11.8. The van der Waals surface area contributed by atoms with Crippen LogP contribution in [0.4, 0.5) is 11.4 Å². The lowest BCUT2D eigenvalue weighted by atomic mass is 10.1. The summed E-state index contributed by atoms with van der Waals surface area (Å²) in [5, 5.41) is 4.28. The topological polar surface area (TPSA) is 47.3 Å². The van der Waals surface area contributed by atoms with E-state index in [9.17, 15) is 0 Å². The highest BCUT2D eigenvalue weighted by atomic mass is 35.5. The molecular formula is C13H18Cl2N2O. The Morgan fingerprint density at radius 2 is 2.06 bits per heavy atom. The van der Waals surface area contributed by atoms with E-state index >= 15 is 0 Å². The molecule has 3 N–H and O–H groups in total. The van der Waals surface area contributed by atoms with E-state index in [0.717, 1.165) is 31.7 Å². The Kier molecular flexibility index (Phi) is 4.98. The van der Waals surface area contributed by atoms with Gasteiger partial charge in [0.05, 0.1) is 27.5 Å². The monoisotopic (exact) mass is 288 g/mol. The summed E-state index contributed by atoms with van der Waals surface area (Å²) in [5.74, 6) is 0. The SMILES string of the molecule is Nc1cc(Cl)c(Cl)cc1NCCC1CCCCO1. The van der Waals surface area contributed by atoms with Crippen molar-refractivity contribution in [2.45, 2.75) is 31.8 Å². The summed E-state index contributed by atoms with van der Waals surface area (Å²) in [6, 6.07) is 3.43. The Hall–Kier alpha value is -0.640. The van der Waals surface area contributed by atoms with Gasteiger partial charge >= 0.3 is 0 Å². The summed E-state index contributed by atoms with van der Waals surface area (Å²) in [4.78, 5) is 0. The molecule has 1 aliphatic rings. The van der Waals surface area contributed by atoms with Gasteiger partial charge in [0.2, 0.25) is 0 Å². The van der Waals surface area contributed by atoms with E-state index < -0.39 is 0 Å². The molecule has 0 radical (unpaired) electrons. The van der Waals surface area contributed by atoms with Gasteiger partial charge in [0.15, 0.2) is 0 Å². The Morgan fingerprint density at radius 3 is 2.78 bits per heavy atom. The number of rotatable bonds is 4. The number of benzene rings is 1. The largest absolute Gasteiger partial charge is 0.397 e. The van der Waals surface area contributed by atoms with Gasteiger partial charge in [-0.15, -0.1) is 0 Å². The zero-order valence-electron chi connectivity index (χ0n) is 10.2. The van der Waals surface area contributed by atoms with Crippen molar-refractivity contribution < 1.29 is 4.74 Å². The van der Waals surface area contributed by atoms with Gasteiger partial charge in [-0.2, -0.15) is 0 Å². The van der Waals surface area contributed by atoms with E-state index in [0.29, 0.717) is 21.8 Å². The molecule has 1 saturated heterocycles. The average molecular weight is 289 g/mol. The number of nitrogens with two attached hydrogens (primary N) is 1. The van der Waals surface area contributed by atoms with Crippen molar-refractivity contribution in [3.63, 3.8) is 0 Å². The molecule has 1 aromatic carbocycles. The number of anilines is 2. The van der Waals surface area contributed by atoms with Crippen molar-refractivity contribution in [3.8, 4) is 0 Å². The van der Waals surface area contributed by atoms with Gasteiger partial charge in [-0.25, -0.2) is 0 Å². The van der Waals surface area contributed by atoms with Crippen LogP contribution in [0.15, 0.2) is 12.1 Å². The minimum absolute atomic E-state index is 0.371. The minimum Gasteiger partial charge on any atom is -0.397 e. The number of hydrogen-bond acceptors (Lipinski definition) is 3. The maximum atomic E-state index is 5.96. The molecule has 1 aliphatic heterocycles. The van der Waals surface area contributed by atoms with Gasteiger partial charge in [0.1, 0.15) is 0 Å². The molecule has 0 saturated carbocycles. The lowest BCUT2D eigenvalue weighted by Gasteiger charge is -2.23. The van der Waals surface area contributed by atoms with Gasteiger partial charge in [0, 0.05) is 13.2 Å². The summed E-state index contributed by atoms with van der Waals surface area (Å²) in [6.45, 7) is 1.71. The molecule has 5 heteroatoms. The first-order valence-electron chi connectivity index (χ1n) is 6.27.